The van der Waals surface area contributed by atoms with Crippen LogP contribution in [0.4, 0.5) is 0 Å². The van der Waals surface area contributed by atoms with E-state index in [9.17, 15) is 0 Å². The van der Waals surface area contributed by atoms with Gasteiger partial charge in [0.15, 0.2) is 33.3 Å². The van der Waals surface area contributed by atoms with Crippen LogP contribution in [0.2, 0.25) is 77.1 Å². The fraction of sp³-hybridized carbons (Fsp3) is 1.00. The fourth-order valence-corrected chi connectivity index (χ4v) is 20.1. The van der Waals surface area contributed by atoms with Gasteiger partial charge >= 0.3 is 9.05 Å². The van der Waals surface area contributed by atoms with Crippen LogP contribution in [0.25, 0.3) is 0 Å². The molecule has 0 aromatic rings. The van der Waals surface area contributed by atoms with Crippen LogP contribution in [-0.4, -0.2) is 42.3 Å². The minimum Gasteiger partial charge on any atom is -0.396 e. The van der Waals surface area contributed by atoms with E-state index in [0.29, 0.717) is 0 Å². The van der Waals surface area contributed by atoms with Gasteiger partial charge in [-0.1, -0.05) is 20.8 Å². The molecule has 0 N–H and O–H groups in total. The highest BCUT2D eigenvalue weighted by Crippen LogP contribution is 2.33. The minimum atomic E-state index is -3.15. The zero-order valence-electron chi connectivity index (χ0n) is 18.3. The van der Waals surface area contributed by atoms with Gasteiger partial charge < -0.3 is 16.5 Å². The van der Waals surface area contributed by atoms with Gasteiger partial charge in [0.2, 0.25) is 0 Å². The molecular formula is C15H42O4Si5. The molecule has 0 atom stereocenters. The Labute approximate surface area is 156 Å². The van der Waals surface area contributed by atoms with E-state index in [2.05, 4.69) is 79.7 Å². The first-order valence-electron chi connectivity index (χ1n) is 9.31. The maximum atomic E-state index is 6.92. The first-order valence-corrected chi connectivity index (χ1v) is 23.7. The third kappa shape index (κ3) is 9.57. The average Bonchev–Trinajstić information content (AvgIpc) is 2.29. The van der Waals surface area contributed by atoms with E-state index in [1.165, 1.54) is 0 Å². The Balaban J connectivity index is 6.04. The van der Waals surface area contributed by atoms with Crippen molar-refractivity contribution in [3.8, 4) is 0 Å². The van der Waals surface area contributed by atoms with Gasteiger partial charge in [-0.05, 0) is 77.1 Å². The van der Waals surface area contributed by atoms with Crippen molar-refractivity contribution in [2.24, 2.45) is 0 Å². The molecule has 0 heterocycles. The molecule has 0 aliphatic carbocycles. The predicted molar refractivity (Wildman–Crippen MR) is 117 cm³/mol. The summed E-state index contributed by atoms with van der Waals surface area (Å²) in [6, 6.07) is 3.23. The Morgan fingerprint density at radius 2 is 0.708 bits per heavy atom. The largest absolute Gasteiger partial charge is 0.636 e. The van der Waals surface area contributed by atoms with E-state index >= 15 is 0 Å². The summed E-state index contributed by atoms with van der Waals surface area (Å²) in [5, 5.41) is 0. The van der Waals surface area contributed by atoms with Gasteiger partial charge in [-0.15, -0.1) is 0 Å². The molecule has 9 heteroatoms. The molecule has 0 unspecified atom stereocenters. The van der Waals surface area contributed by atoms with Crippen molar-refractivity contribution in [2.75, 3.05) is 0 Å². The number of hydrogen-bond acceptors (Lipinski definition) is 4. The highest BCUT2D eigenvalue weighted by atomic mass is 28.5. The lowest BCUT2D eigenvalue weighted by molar-refractivity contribution is 0.146. The molecule has 0 amide bonds. The van der Waals surface area contributed by atoms with Gasteiger partial charge in [0.05, 0.1) is 0 Å². The fourth-order valence-electron chi connectivity index (χ4n) is 2.48. The molecule has 0 aromatic heterocycles. The smallest absolute Gasteiger partial charge is 0.396 e. The van der Waals surface area contributed by atoms with Gasteiger partial charge in [-0.25, -0.2) is 0 Å². The molecule has 0 fully saturated rings. The first kappa shape index (κ1) is 24.9. The van der Waals surface area contributed by atoms with E-state index < -0.39 is 42.3 Å². The van der Waals surface area contributed by atoms with Gasteiger partial charge in [0.1, 0.15) is 0 Å². The summed E-state index contributed by atoms with van der Waals surface area (Å²) in [6.07, 6.45) is 0. The van der Waals surface area contributed by atoms with Crippen molar-refractivity contribution >= 4 is 42.3 Å². The lowest BCUT2D eigenvalue weighted by Gasteiger charge is -2.45. The second-order valence-electron chi connectivity index (χ2n) is 9.49. The van der Waals surface area contributed by atoms with Crippen molar-refractivity contribution in [3.05, 3.63) is 0 Å². The Bertz CT molecular complexity index is 332. The maximum absolute atomic E-state index is 6.92. The molecular weight excluding hydrogens is 385 g/mol. The molecule has 4 nitrogen and oxygen atoms in total. The summed E-state index contributed by atoms with van der Waals surface area (Å²) in [4.78, 5) is 0. The molecule has 0 aliphatic heterocycles. The van der Waals surface area contributed by atoms with Crippen molar-refractivity contribution in [1.82, 2.24) is 0 Å². The maximum Gasteiger partial charge on any atom is 0.636 e. The summed E-state index contributed by atoms with van der Waals surface area (Å²) in [5.74, 6) is 0. The second-order valence-corrected chi connectivity index (χ2v) is 30.9. The Kier molecular flexibility index (Phi) is 9.08. The molecule has 0 bridgehead atoms. The first-order chi connectivity index (χ1) is 10.5. The molecule has 0 radical (unpaired) electrons. The lowest BCUT2D eigenvalue weighted by Crippen LogP contribution is -2.66. The van der Waals surface area contributed by atoms with E-state index in [1.807, 2.05) is 0 Å². The third-order valence-electron chi connectivity index (χ3n) is 3.57. The van der Waals surface area contributed by atoms with Gasteiger partial charge in [0.25, 0.3) is 0 Å². The zero-order chi connectivity index (χ0) is 19.4. The van der Waals surface area contributed by atoms with Gasteiger partial charge in [-0.2, -0.15) is 0 Å². The highest BCUT2D eigenvalue weighted by Gasteiger charge is 2.57. The Hall–Kier alpha value is 0.924. The predicted octanol–water partition coefficient (Wildman–Crippen LogP) is 6.00. The van der Waals surface area contributed by atoms with E-state index in [-0.39, 0.29) is 0 Å². The van der Waals surface area contributed by atoms with Crippen molar-refractivity contribution in [3.63, 3.8) is 0 Å². The molecule has 146 valence electrons. The molecule has 0 spiro atoms. The van der Waals surface area contributed by atoms with Crippen LogP contribution in [0.1, 0.15) is 20.8 Å². The van der Waals surface area contributed by atoms with E-state index in [0.717, 1.165) is 18.1 Å². The third-order valence-corrected chi connectivity index (χ3v) is 20.5. The van der Waals surface area contributed by atoms with Crippen molar-refractivity contribution in [2.45, 2.75) is 97.8 Å². The summed E-state index contributed by atoms with van der Waals surface area (Å²) >= 11 is 0. The minimum absolute atomic E-state index is 1.08. The molecule has 0 saturated carbocycles. The van der Waals surface area contributed by atoms with Crippen molar-refractivity contribution < 1.29 is 16.5 Å². The summed E-state index contributed by atoms with van der Waals surface area (Å²) in [6.45, 7) is 26.5. The quantitative estimate of drug-likeness (QED) is 0.380. The van der Waals surface area contributed by atoms with Gasteiger partial charge in [-0.3, -0.25) is 0 Å². The molecule has 0 rings (SSSR count). The molecule has 24 heavy (non-hydrogen) atoms. The van der Waals surface area contributed by atoms with Gasteiger partial charge in [0, 0.05) is 0 Å². The second kappa shape index (κ2) is 8.74. The molecule has 0 saturated heterocycles. The summed E-state index contributed by atoms with van der Waals surface area (Å²) in [7, 11) is -10.7. The van der Waals surface area contributed by atoms with E-state index in [1.54, 1.807) is 0 Å². The summed E-state index contributed by atoms with van der Waals surface area (Å²) < 4.78 is 26.9. The van der Waals surface area contributed by atoms with Crippen LogP contribution in [0.15, 0.2) is 0 Å². The average molecular weight is 427 g/mol. The van der Waals surface area contributed by atoms with Crippen LogP contribution >= 0.6 is 0 Å². The number of hydrogen-bond donors (Lipinski definition) is 0. The van der Waals surface area contributed by atoms with Crippen LogP contribution in [-0.2, 0) is 16.5 Å². The molecule has 0 aromatic carbocycles. The Morgan fingerprint density at radius 3 is 0.875 bits per heavy atom. The highest BCUT2D eigenvalue weighted by molar-refractivity contribution is 6.92. The normalized spacial score (nSPS) is 15.0. The zero-order valence-corrected chi connectivity index (χ0v) is 23.3. The summed E-state index contributed by atoms with van der Waals surface area (Å²) in [5.41, 5.74) is 0. The Morgan fingerprint density at radius 1 is 0.458 bits per heavy atom. The standard InChI is InChI=1S/C15H42O4Si5/c1-13-23(14-2,15-3)19-24(16-20(4,5)6,17-21(7,8)9)18-22(10,11)12/h13-15H2,1-12H3. The monoisotopic (exact) mass is 426 g/mol. The van der Waals surface area contributed by atoms with Crippen LogP contribution in [0.5, 0.6) is 0 Å². The lowest BCUT2D eigenvalue weighted by atomic mass is 10.9. The van der Waals surface area contributed by atoms with E-state index in [4.69, 9.17) is 16.5 Å². The van der Waals surface area contributed by atoms with Crippen molar-refractivity contribution in [1.29, 1.82) is 0 Å². The van der Waals surface area contributed by atoms with Crippen LogP contribution in [0.3, 0.4) is 0 Å². The SMILES string of the molecule is CC[Si](CC)(CC)O[Si](O[Si](C)(C)C)(O[Si](C)(C)C)O[Si](C)(C)C. The van der Waals surface area contributed by atoms with Crippen LogP contribution < -0.4 is 0 Å². The van der Waals surface area contributed by atoms with Crippen LogP contribution in [0, 0.1) is 0 Å². The topological polar surface area (TPSA) is 36.9 Å². The molecule has 0 aliphatic rings. The number of rotatable bonds is 11.